The largest absolute Gasteiger partial charge is 0.495 e. The Morgan fingerprint density at radius 1 is 1.14 bits per heavy atom. The summed E-state index contributed by atoms with van der Waals surface area (Å²) in [4.78, 5) is 13.1. The van der Waals surface area contributed by atoms with Crippen LogP contribution in [-0.2, 0) is 27.8 Å². The first-order chi connectivity index (χ1) is 13.9. The Bertz CT molecular complexity index is 1080. The standard InChI is InChI=1S/C20H19ClN2O4S2/c1-27-18-9-6-15(21)12-19(18)29(25,26)23-16-7-4-14(5-8-16)11-20(24)22-13-17-3-2-10-28-17/h2-10,12,23H,11,13H2,1H3,(H,22,24). The molecular formula is C20H19ClN2O4S2. The number of thiophene rings is 1. The number of hydrogen-bond acceptors (Lipinski definition) is 5. The highest BCUT2D eigenvalue weighted by Gasteiger charge is 2.20. The quantitative estimate of drug-likeness (QED) is 0.541. The van der Waals surface area contributed by atoms with Gasteiger partial charge in [0.05, 0.1) is 20.1 Å². The summed E-state index contributed by atoms with van der Waals surface area (Å²) in [5, 5.41) is 5.11. The second-order valence-electron chi connectivity index (χ2n) is 6.13. The minimum Gasteiger partial charge on any atom is -0.495 e. The minimum absolute atomic E-state index is 0.0514. The lowest BCUT2D eigenvalue weighted by Gasteiger charge is -2.12. The van der Waals surface area contributed by atoms with Crippen molar-refractivity contribution < 1.29 is 17.9 Å². The number of anilines is 1. The number of hydrogen-bond donors (Lipinski definition) is 2. The fraction of sp³-hybridized carbons (Fsp3) is 0.150. The number of halogens is 1. The lowest BCUT2D eigenvalue weighted by Crippen LogP contribution is -2.24. The number of benzene rings is 2. The van der Waals surface area contributed by atoms with Crippen LogP contribution < -0.4 is 14.8 Å². The summed E-state index contributed by atoms with van der Waals surface area (Å²) in [5.41, 5.74) is 1.15. The maximum Gasteiger partial charge on any atom is 0.265 e. The molecule has 1 heterocycles. The summed E-state index contributed by atoms with van der Waals surface area (Å²) < 4.78 is 33.0. The van der Waals surface area contributed by atoms with Gasteiger partial charge in [0, 0.05) is 15.6 Å². The smallest absolute Gasteiger partial charge is 0.265 e. The fourth-order valence-corrected chi connectivity index (χ4v) is 4.74. The average Bonchev–Trinajstić information content (AvgIpc) is 3.21. The Hall–Kier alpha value is -2.55. The summed E-state index contributed by atoms with van der Waals surface area (Å²) in [6.07, 6.45) is 0.209. The molecule has 3 aromatic rings. The third-order valence-corrected chi connectivity index (χ3v) is 6.54. The molecule has 0 radical (unpaired) electrons. The van der Waals surface area contributed by atoms with Gasteiger partial charge in [0.15, 0.2) is 0 Å². The van der Waals surface area contributed by atoms with Crippen LogP contribution >= 0.6 is 22.9 Å². The zero-order valence-electron chi connectivity index (χ0n) is 15.5. The van der Waals surface area contributed by atoms with E-state index >= 15 is 0 Å². The van der Waals surface area contributed by atoms with E-state index in [2.05, 4.69) is 10.0 Å². The molecule has 2 aromatic carbocycles. The van der Waals surface area contributed by atoms with Crippen molar-refractivity contribution >= 4 is 44.6 Å². The van der Waals surface area contributed by atoms with Gasteiger partial charge >= 0.3 is 0 Å². The van der Waals surface area contributed by atoms with Crippen LogP contribution in [0.3, 0.4) is 0 Å². The average molecular weight is 451 g/mol. The molecule has 0 aliphatic carbocycles. The highest BCUT2D eigenvalue weighted by atomic mass is 35.5. The first-order valence-corrected chi connectivity index (χ1v) is 11.4. The first-order valence-electron chi connectivity index (χ1n) is 8.62. The zero-order chi connectivity index (χ0) is 20.9. The van der Waals surface area contributed by atoms with Crippen molar-refractivity contribution in [3.8, 4) is 5.75 Å². The molecule has 29 heavy (non-hydrogen) atoms. The topological polar surface area (TPSA) is 84.5 Å². The van der Waals surface area contributed by atoms with Crippen molar-refractivity contribution in [3.05, 3.63) is 75.4 Å². The SMILES string of the molecule is COc1ccc(Cl)cc1S(=O)(=O)Nc1ccc(CC(=O)NCc2cccs2)cc1. The predicted molar refractivity (Wildman–Crippen MR) is 115 cm³/mol. The Balaban J connectivity index is 1.64. The lowest BCUT2D eigenvalue weighted by atomic mass is 10.1. The molecule has 0 saturated carbocycles. The molecule has 2 N–H and O–H groups in total. The summed E-state index contributed by atoms with van der Waals surface area (Å²) >= 11 is 7.51. The van der Waals surface area contributed by atoms with Crippen molar-refractivity contribution in [3.63, 3.8) is 0 Å². The second-order valence-corrected chi connectivity index (χ2v) is 9.25. The molecule has 0 spiro atoms. The third kappa shape index (κ3) is 5.72. The van der Waals surface area contributed by atoms with Gasteiger partial charge in [-0.05, 0) is 47.3 Å². The van der Waals surface area contributed by atoms with Gasteiger partial charge in [-0.15, -0.1) is 11.3 Å². The van der Waals surface area contributed by atoms with Gasteiger partial charge in [0.2, 0.25) is 5.91 Å². The van der Waals surface area contributed by atoms with Crippen molar-refractivity contribution in [2.45, 2.75) is 17.9 Å². The Labute approximate surface area is 178 Å². The molecule has 0 bridgehead atoms. The summed E-state index contributed by atoms with van der Waals surface area (Å²) in [5.74, 6) is 0.0938. The van der Waals surface area contributed by atoms with E-state index in [1.807, 2.05) is 17.5 Å². The molecule has 3 rings (SSSR count). The Morgan fingerprint density at radius 2 is 1.90 bits per heavy atom. The molecule has 0 atom stereocenters. The predicted octanol–water partition coefficient (Wildman–Crippen LogP) is 4.07. The monoisotopic (exact) mass is 450 g/mol. The van der Waals surface area contributed by atoms with Gasteiger partial charge in [-0.2, -0.15) is 0 Å². The van der Waals surface area contributed by atoms with Gasteiger partial charge in [-0.25, -0.2) is 8.42 Å². The van der Waals surface area contributed by atoms with E-state index in [4.69, 9.17) is 16.3 Å². The molecule has 0 aliphatic heterocycles. The summed E-state index contributed by atoms with van der Waals surface area (Å²) in [7, 11) is -2.50. The number of methoxy groups -OCH3 is 1. The van der Waals surface area contributed by atoms with E-state index in [1.54, 1.807) is 41.7 Å². The molecule has 0 aliphatic rings. The molecule has 0 unspecified atom stereocenters. The van der Waals surface area contributed by atoms with Crippen LogP contribution in [0.4, 0.5) is 5.69 Å². The van der Waals surface area contributed by atoms with Crippen molar-refractivity contribution in [2.24, 2.45) is 0 Å². The van der Waals surface area contributed by atoms with Crippen LogP contribution in [0.25, 0.3) is 0 Å². The van der Waals surface area contributed by atoms with E-state index in [-0.39, 0.29) is 28.0 Å². The van der Waals surface area contributed by atoms with Crippen LogP contribution in [0.2, 0.25) is 5.02 Å². The minimum atomic E-state index is -3.89. The van der Waals surface area contributed by atoms with Crippen molar-refractivity contribution in [1.82, 2.24) is 5.32 Å². The van der Waals surface area contributed by atoms with Crippen LogP contribution in [0.5, 0.6) is 5.75 Å². The van der Waals surface area contributed by atoms with E-state index in [9.17, 15) is 13.2 Å². The Kier molecular flexibility index (Phi) is 6.79. The van der Waals surface area contributed by atoms with Crippen LogP contribution in [0.1, 0.15) is 10.4 Å². The van der Waals surface area contributed by atoms with Crippen LogP contribution in [0, 0.1) is 0 Å². The van der Waals surface area contributed by atoms with Gasteiger partial charge in [0.25, 0.3) is 10.0 Å². The van der Waals surface area contributed by atoms with Gasteiger partial charge < -0.3 is 10.1 Å². The van der Waals surface area contributed by atoms with E-state index in [1.165, 1.54) is 19.2 Å². The number of amides is 1. The lowest BCUT2D eigenvalue weighted by molar-refractivity contribution is -0.120. The number of carbonyl (C=O) groups excluding carboxylic acids is 1. The number of nitrogens with one attached hydrogen (secondary N) is 2. The van der Waals surface area contributed by atoms with Crippen molar-refractivity contribution in [1.29, 1.82) is 0 Å². The molecule has 9 heteroatoms. The summed E-state index contributed by atoms with van der Waals surface area (Å²) in [6, 6.07) is 14.9. The van der Waals surface area contributed by atoms with Gasteiger partial charge in [-0.1, -0.05) is 29.8 Å². The summed E-state index contributed by atoms with van der Waals surface area (Å²) in [6.45, 7) is 0.496. The van der Waals surface area contributed by atoms with Crippen LogP contribution in [-0.4, -0.2) is 21.4 Å². The molecule has 152 valence electrons. The van der Waals surface area contributed by atoms with E-state index < -0.39 is 10.0 Å². The zero-order valence-corrected chi connectivity index (χ0v) is 17.9. The van der Waals surface area contributed by atoms with Gasteiger partial charge in [-0.3, -0.25) is 9.52 Å². The highest BCUT2D eigenvalue weighted by molar-refractivity contribution is 7.92. The molecular weight excluding hydrogens is 432 g/mol. The normalized spacial score (nSPS) is 11.1. The van der Waals surface area contributed by atoms with Gasteiger partial charge in [0.1, 0.15) is 10.6 Å². The number of ether oxygens (including phenoxy) is 1. The maximum absolute atomic E-state index is 12.7. The van der Waals surface area contributed by atoms with Crippen LogP contribution in [0.15, 0.2) is 64.9 Å². The first kappa shape index (κ1) is 21.2. The highest BCUT2D eigenvalue weighted by Crippen LogP contribution is 2.28. The molecule has 1 amide bonds. The molecule has 0 saturated heterocycles. The number of sulfonamides is 1. The van der Waals surface area contributed by atoms with E-state index in [0.717, 1.165) is 10.4 Å². The van der Waals surface area contributed by atoms with Crippen molar-refractivity contribution in [2.75, 3.05) is 11.8 Å². The number of rotatable bonds is 8. The molecule has 0 fully saturated rings. The maximum atomic E-state index is 12.7. The molecule has 6 nitrogen and oxygen atoms in total. The Morgan fingerprint density at radius 3 is 2.55 bits per heavy atom. The number of carbonyl (C=O) groups is 1. The third-order valence-electron chi connectivity index (χ3n) is 4.03. The fourth-order valence-electron chi connectivity index (χ4n) is 2.61. The van der Waals surface area contributed by atoms with E-state index in [0.29, 0.717) is 12.2 Å². The molecule has 1 aromatic heterocycles. The second kappa shape index (κ2) is 9.30.